The Labute approximate surface area is 152 Å². The maximum Gasteiger partial charge on any atom is 0.412 e. The Bertz CT molecular complexity index is 756. The SMILES string of the molecule is C=C(C)OC(=O)NC(Cc1ccc(OCc2ccccc2)cc1)C(=O)O. The number of hydrogen-bond donors (Lipinski definition) is 2. The summed E-state index contributed by atoms with van der Waals surface area (Å²) in [7, 11) is 0. The third-order valence-corrected chi connectivity index (χ3v) is 3.47. The molecule has 2 rings (SSSR count). The van der Waals surface area contributed by atoms with Crippen LogP contribution in [0.25, 0.3) is 0 Å². The number of carbonyl (C=O) groups excluding carboxylic acids is 1. The van der Waals surface area contributed by atoms with Crippen LogP contribution in [0, 0.1) is 0 Å². The van der Waals surface area contributed by atoms with Gasteiger partial charge in [-0.05, 0) is 30.2 Å². The van der Waals surface area contributed by atoms with Crippen LogP contribution in [-0.4, -0.2) is 23.2 Å². The van der Waals surface area contributed by atoms with E-state index in [-0.39, 0.29) is 12.2 Å². The molecule has 0 spiro atoms. The Morgan fingerprint density at radius 2 is 1.73 bits per heavy atom. The van der Waals surface area contributed by atoms with E-state index in [1.54, 1.807) is 24.3 Å². The van der Waals surface area contributed by atoms with Gasteiger partial charge in [-0.3, -0.25) is 0 Å². The van der Waals surface area contributed by atoms with E-state index in [2.05, 4.69) is 11.9 Å². The van der Waals surface area contributed by atoms with Crippen LogP contribution in [0.3, 0.4) is 0 Å². The number of alkyl carbamates (subject to hydrolysis) is 1. The summed E-state index contributed by atoms with van der Waals surface area (Å²) in [5.74, 6) is -0.279. The molecule has 1 atom stereocenters. The first kappa shape index (κ1) is 19.1. The molecule has 0 heterocycles. The predicted molar refractivity (Wildman–Crippen MR) is 96.8 cm³/mol. The Morgan fingerprint density at radius 1 is 1.08 bits per heavy atom. The van der Waals surface area contributed by atoms with Crippen molar-refractivity contribution in [2.45, 2.75) is 26.0 Å². The molecule has 2 N–H and O–H groups in total. The molecule has 2 aromatic rings. The zero-order valence-electron chi connectivity index (χ0n) is 14.5. The lowest BCUT2D eigenvalue weighted by molar-refractivity contribution is -0.139. The van der Waals surface area contributed by atoms with Gasteiger partial charge in [-0.25, -0.2) is 9.59 Å². The molecule has 0 saturated heterocycles. The summed E-state index contributed by atoms with van der Waals surface area (Å²) in [6.45, 7) is 5.39. The lowest BCUT2D eigenvalue weighted by atomic mass is 10.1. The number of hydrogen-bond acceptors (Lipinski definition) is 4. The summed E-state index contributed by atoms with van der Waals surface area (Å²) >= 11 is 0. The minimum Gasteiger partial charge on any atom is -0.489 e. The van der Waals surface area contributed by atoms with Crippen LogP contribution in [0.4, 0.5) is 4.79 Å². The number of ether oxygens (including phenoxy) is 2. The molecular formula is C20H21NO5. The van der Waals surface area contributed by atoms with Crippen LogP contribution < -0.4 is 10.1 Å². The largest absolute Gasteiger partial charge is 0.489 e. The van der Waals surface area contributed by atoms with Gasteiger partial charge in [0.15, 0.2) is 0 Å². The van der Waals surface area contributed by atoms with E-state index in [0.29, 0.717) is 12.4 Å². The molecule has 0 fully saturated rings. The minimum absolute atomic E-state index is 0.125. The van der Waals surface area contributed by atoms with Crippen LogP contribution in [0.5, 0.6) is 5.75 Å². The maximum atomic E-state index is 11.6. The summed E-state index contributed by atoms with van der Waals surface area (Å²) in [4.78, 5) is 22.9. The van der Waals surface area contributed by atoms with Crippen LogP contribution in [0.1, 0.15) is 18.1 Å². The molecule has 6 nitrogen and oxygen atoms in total. The Hall–Kier alpha value is -3.28. The fourth-order valence-corrected chi connectivity index (χ4v) is 2.23. The zero-order valence-corrected chi connectivity index (χ0v) is 14.5. The van der Waals surface area contributed by atoms with Crippen LogP contribution in [0.2, 0.25) is 0 Å². The molecular weight excluding hydrogens is 334 g/mol. The molecule has 1 unspecified atom stereocenters. The topological polar surface area (TPSA) is 84.9 Å². The molecule has 136 valence electrons. The van der Waals surface area contributed by atoms with Crippen molar-refractivity contribution < 1.29 is 24.2 Å². The molecule has 0 bridgehead atoms. The van der Waals surface area contributed by atoms with E-state index in [4.69, 9.17) is 9.47 Å². The summed E-state index contributed by atoms with van der Waals surface area (Å²) in [5.41, 5.74) is 1.81. The number of allylic oxidation sites excluding steroid dienone is 1. The highest BCUT2D eigenvalue weighted by molar-refractivity contribution is 5.80. The average molecular weight is 355 g/mol. The minimum atomic E-state index is -1.15. The van der Waals surface area contributed by atoms with Gasteiger partial charge in [0, 0.05) is 6.42 Å². The second-order valence-corrected chi connectivity index (χ2v) is 5.75. The van der Waals surface area contributed by atoms with E-state index >= 15 is 0 Å². The van der Waals surface area contributed by atoms with Crippen molar-refractivity contribution in [1.82, 2.24) is 5.32 Å². The second-order valence-electron chi connectivity index (χ2n) is 5.75. The highest BCUT2D eigenvalue weighted by Crippen LogP contribution is 2.15. The third kappa shape index (κ3) is 6.32. The Balaban J connectivity index is 1.92. The van der Waals surface area contributed by atoms with Gasteiger partial charge in [-0.1, -0.05) is 49.0 Å². The lowest BCUT2D eigenvalue weighted by Gasteiger charge is -2.15. The Kier molecular flexibility index (Phi) is 6.79. The van der Waals surface area contributed by atoms with E-state index in [1.807, 2.05) is 30.3 Å². The number of carboxylic acid groups (broad SMARTS) is 1. The third-order valence-electron chi connectivity index (χ3n) is 3.47. The smallest absolute Gasteiger partial charge is 0.412 e. The normalized spacial score (nSPS) is 11.3. The fourth-order valence-electron chi connectivity index (χ4n) is 2.23. The first-order chi connectivity index (χ1) is 12.4. The van der Waals surface area contributed by atoms with E-state index in [0.717, 1.165) is 11.1 Å². The van der Waals surface area contributed by atoms with E-state index in [9.17, 15) is 14.7 Å². The molecule has 0 aliphatic heterocycles. The monoisotopic (exact) mass is 355 g/mol. The number of aliphatic carboxylic acids is 1. The van der Waals surface area contributed by atoms with Gasteiger partial charge in [0.1, 0.15) is 18.4 Å². The van der Waals surface area contributed by atoms with Crippen LogP contribution in [0.15, 0.2) is 66.9 Å². The highest BCUT2D eigenvalue weighted by atomic mass is 16.6. The van der Waals surface area contributed by atoms with Gasteiger partial charge < -0.3 is 19.9 Å². The Morgan fingerprint density at radius 3 is 2.31 bits per heavy atom. The molecule has 1 amide bonds. The number of amides is 1. The number of rotatable bonds is 8. The number of carbonyl (C=O) groups is 2. The van der Waals surface area contributed by atoms with Gasteiger partial charge in [0.25, 0.3) is 0 Å². The van der Waals surface area contributed by atoms with Gasteiger partial charge >= 0.3 is 12.1 Å². The standard InChI is InChI=1S/C20H21NO5/c1-14(2)26-20(24)21-18(19(22)23)12-15-8-10-17(11-9-15)25-13-16-6-4-3-5-7-16/h3-11,18H,1,12-13H2,2H3,(H,21,24)(H,22,23). The van der Waals surface area contributed by atoms with E-state index < -0.39 is 18.1 Å². The molecule has 0 aliphatic rings. The first-order valence-corrected chi connectivity index (χ1v) is 8.06. The number of benzene rings is 2. The van der Waals surface area contributed by atoms with Crippen molar-refractivity contribution in [1.29, 1.82) is 0 Å². The van der Waals surface area contributed by atoms with Gasteiger partial charge in [0.05, 0.1) is 5.76 Å². The van der Waals surface area contributed by atoms with Crippen molar-refractivity contribution in [2.75, 3.05) is 0 Å². The molecule has 6 heteroatoms. The second kappa shape index (κ2) is 9.27. The molecule has 0 aliphatic carbocycles. The van der Waals surface area contributed by atoms with E-state index in [1.165, 1.54) is 6.92 Å². The zero-order chi connectivity index (χ0) is 18.9. The number of carboxylic acids is 1. The number of nitrogens with one attached hydrogen (secondary N) is 1. The molecule has 26 heavy (non-hydrogen) atoms. The summed E-state index contributed by atoms with van der Waals surface area (Å²) in [6, 6.07) is 15.7. The van der Waals surface area contributed by atoms with Crippen LogP contribution >= 0.6 is 0 Å². The quantitative estimate of drug-likeness (QED) is 0.708. The molecule has 0 aromatic heterocycles. The molecule has 2 aromatic carbocycles. The fraction of sp³-hybridized carbons (Fsp3) is 0.200. The van der Waals surface area contributed by atoms with Crippen molar-refractivity contribution in [3.05, 3.63) is 78.1 Å². The van der Waals surface area contributed by atoms with Gasteiger partial charge in [0.2, 0.25) is 0 Å². The summed E-state index contributed by atoms with van der Waals surface area (Å²) in [6.07, 6.45) is -0.715. The molecule has 0 saturated carbocycles. The van der Waals surface area contributed by atoms with Crippen molar-refractivity contribution in [3.8, 4) is 5.75 Å². The van der Waals surface area contributed by atoms with Crippen molar-refractivity contribution in [2.24, 2.45) is 0 Å². The maximum absolute atomic E-state index is 11.6. The van der Waals surface area contributed by atoms with Crippen molar-refractivity contribution >= 4 is 12.1 Å². The lowest BCUT2D eigenvalue weighted by Crippen LogP contribution is -2.42. The molecule has 0 radical (unpaired) electrons. The summed E-state index contributed by atoms with van der Waals surface area (Å²) < 4.78 is 10.4. The first-order valence-electron chi connectivity index (χ1n) is 8.06. The average Bonchev–Trinajstić information content (AvgIpc) is 2.60. The van der Waals surface area contributed by atoms with Crippen molar-refractivity contribution in [3.63, 3.8) is 0 Å². The summed E-state index contributed by atoms with van der Waals surface area (Å²) in [5, 5.41) is 11.6. The predicted octanol–water partition coefficient (Wildman–Crippen LogP) is 3.52. The van der Waals surface area contributed by atoms with Gasteiger partial charge in [-0.2, -0.15) is 0 Å². The van der Waals surface area contributed by atoms with Gasteiger partial charge in [-0.15, -0.1) is 0 Å². The highest BCUT2D eigenvalue weighted by Gasteiger charge is 2.21. The van der Waals surface area contributed by atoms with Crippen LogP contribution in [-0.2, 0) is 22.6 Å².